The Morgan fingerprint density at radius 2 is 1.63 bits per heavy atom. The largest absolute Gasteiger partial charge is 0.303 e. The summed E-state index contributed by atoms with van der Waals surface area (Å²) < 4.78 is 1.78. The first-order valence-corrected chi connectivity index (χ1v) is 9.53. The molecule has 0 spiro atoms. The van der Waals surface area contributed by atoms with Gasteiger partial charge in [0.25, 0.3) is 0 Å². The van der Waals surface area contributed by atoms with Gasteiger partial charge in [0.1, 0.15) is 0 Å². The molecule has 0 fully saturated rings. The molecule has 1 unspecified atom stereocenters. The molecule has 0 aliphatic heterocycles. The highest BCUT2D eigenvalue weighted by molar-refractivity contribution is 5.31. The molecule has 0 amide bonds. The highest BCUT2D eigenvalue weighted by Gasteiger charge is 2.19. The molecule has 0 saturated heterocycles. The zero-order valence-corrected chi connectivity index (χ0v) is 16.8. The van der Waals surface area contributed by atoms with Crippen LogP contribution in [0.15, 0.2) is 54.6 Å². The molecule has 0 aliphatic rings. The number of benzene rings is 2. The van der Waals surface area contributed by atoms with Gasteiger partial charge in [0.15, 0.2) is 5.82 Å². The predicted octanol–water partition coefficient (Wildman–Crippen LogP) is 4.45. The summed E-state index contributed by atoms with van der Waals surface area (Å²) in [5.74, 6) is 1.25. The van der Waals surface area contributed by atoms with Crippen molar-refractivity contribution in [3.05, 3.63) is 71.5 Å². The van der Waals surface area contributed by atoms with E-state index in [0.717, 1.165) is 11.5 Å². The van der Waals surface area contributed by atoms with Crippen LogP contribution in [0.4, 0.5) is 0 Å². The van der Waals surface area contributed by atoms with Crippen LogP contribution in [0.25, 0.3) is 5.69 Å². The lowest BCUT2D eigenvalue weighted by atomic mass is 9.85. The molecule has 0 saturated carbocycles. The van der Waals surface area contributed by atoms with E-state index in [2.05, 4.69) is 79.7 Å². The summed E-state index contributed by atoms with van der Waals surface area (Å²) in [5.41, 5.74) is 3.77. The minimum absolute atomic E-state index is 0.164. The minimum Gasteiger partial charge on any atom is -0.303 e. The van der Waals surface area contributed by atoms with Crippen molar-refractivity contribution in [2.45, 2.75) is 52.6 Å². The smallest absolute Gasteiger partial charge is 0.170 e. The van der Waals surface area contributed by atoms with Crippen LogP contribution in [0.5, 0.6) is 0 Å². The van der Waals surface area contributed by atoms with Crippen LogP contribution in [-0.4, -0.2) is 20.2 Å². The van der Waals surface area contributed by atoms with Gasteiger partial charge in [0.2, 0.25) is 0 Å². The summed E-state index contributed by atoms with van der Waals surface area (Å²) in [6, 6.07) is 19.2. The van der Waals surface area contributed by atoms with Gasteiger partial charge >= 0.3 is 0 Å². The Morgan fingerprint density at radius 1 is 0.963 bits per heavy atom. The lowest BCUT2D eigenvalue weighted by molar-refractivity contribution is 0.403. The molecule has 1 aromatic heterocycles. The van der Waals surface area contributed by atoms with Crippen molar-refractivity contribution in [3.8, 4) is 5.69 Å². The summed E-state index contributed by atoms with van der Waals surface area (Å²) in [4.78, 5) is 0. The van der Waals surface area contributed by atoms with E-state index in [-0.39, 0.29) is 11.5 Å². The molecule has 0 bridgehead atoms. The minimum atomic E-state index is 0.164. The number of nitrogens with zero attached hydrogens (tertiary/aromatic N) is 4. The monoisotopic (exact) mass is 363 g/mol. The second-order valence-corrected chi connectivity index (χ2v) is 8.32. The van der Waals surface area contributed by atoms with Crippen LogP contribution in [-0.2, 0) is 12.0 Å². The molecule has 142 valence electrons. The highest BCUT2D eigenvalue weighted by Crippen LogP contribution is 2.27. The first-order chi connectivity index (χ1) is 12.9. The van der Waals surface area contributed by atoms with Gasteiger partial charge in [-0.05, 0) is 45.0 Å². The van der Waals surface area contributed by atoms with Crippen LogP contribution in [0.3, 0.4) is 0 Å². The lowest BCUT2D eigenvalue weighted by Gasteiger charge is -2.25. The molecule has 0 radical (unpaired) electrons. The Morgan fingerprint density at radius 3 is 2.22 bits per heavy atom. The normalized spacial score (nSPS) is 13.1. The topological polar surface area (TPSA) is 55.6 Å². The SMILES string of the molecule is CC(C)C(NCc1nnnn1-c1ccccc1)c1ccc(C(C)(C)C)cc1. The first kappa shape index (κ1) is 19.2. The summed E-state index contributed by atoms with van der Waals surface area (Å²) >= 11 is 0. The fourth-order valence-corrected chi connectivity index (χ4v) is 3.22. The summed E-state index contributed by atoms with van der Waals surface area (Å²) in [5, 5.41) is 15.8. The molecule has 1 N–H and O–H groups in total. The number of para-hydroxylation sites is 1. The van der Waals surface area contributed by atoms with Gasteiger partial charge in [-0.25, -0.2) is 0 Å². The van der Waals surface area contributed by atoms with Gasteiger partial charge < -0.3 is 5.32 Å². The van der Waals surface area contributed by atoms with Gasteiger partial charge in [-0.3, -0.25) is 0 Å². The number of aromatic nitrogens is 4. The van der Waals surface area contributed by atoms with E-state index < -0.39 is 0 Å². The number of rotatable bonds is 6. The van der Waals surface area contributed by atoms with Crippen molar-refractivity contribution < 1.29 is 0 Å². The van der Waals surface area contributed by atoms with Gasteiger partial charge in [-0.15, -0.1) is 5.10 Å². The molecular weight excluding hydrogens is 334 g/mol. The maximum atomic E-state index is 4.20. The number of hydrogen-bond acceptors (Lipinski definition) is 4. The van der Waals surface area contributed by atoms with Crippen LogP contribution in [0.1, 0.15) is 57.6 Å². The Bertz CT molecular complexity index is 844. The second kappa shape index (κ2) is 8.01. The molecule has 0 aliphatic carbocycles. The standard InChI is InChI=1S/C22H29N5/c1-16(2)21(17-11-13-18(14-12-17)22(3,4)5)23-15-20-24-25-26-27(20)19-9-7-6-8-10-19/h6-14,16,21,23H,15H2,1-5H3. The van der Waals surface area contributed by atoms with Crippen molar-refractivity contribution in [1.82, 2.24) is 25.5 Å². The van der Waals surface area contributed by atoms with E-state index in [0.29, 0.717) is 12.5 Å². The predicted molar refractivity (Wildman–Crippen MR) is 109 cm³/mol. The summed E-state index contributed by atoms with van der Waals surface area (Å²) in [6.45, 7) is 11.8. The van der Waals surface area contributed by atoms with Crippen molar-refractivity contribution in [2.24, 2.45) is 5.92 Å². The van der Waals surface area contributed by atoms with E-state index in [9.17, 15) is 0 Å². The molecule has 3 aromatic rings. The van der Waals surface area contributed by atoms with Gasteiger partial charge in [0, 0.05) is 6.04 Å². The molecular formula is C22H29N5. The van der Waals surface area contributed by atoms with Gasteiger partial charge in [0.05, 0.1) is 12.2 Å². The van der Waals surface area contributed by atoms with Crippen molar-refractivity contribution in [1.29, 1.82) is 0 Å². The maximum absolute atomic E-state index is 4.20. The average Bonchev–Trinajstić information content (AvgIpc) is 3.10. The Kier molecular flexibility index (Phi) is 5.71. The van der Waals surface area contributed by atoms with E-state index in [1.165, 1.54) is 11.1 Å². The number of nitrogens with one attached hydrogen (secondary N) is 1. The van der Waals surface area contributed by atoms with Crippen LogP contribution in [0.2, 0.25) is 0 Å². The van der Waals surface area contributed by atoms with Gasteiger partial charge in [-0.1, -0.05) is 77.1 Å². The zero-order valence-electron chi connectivity index (χ0n) is 16.8. The fraction of sp³-hybridized carbons (Fsp3) is 0.409. The lowest BCUT2D eigenvalue weighted by Crippen LogP contribution is -2.27. The third-order valence-electron chi connectivity index (χ3n) is 4.82. The molecule has 5 heteroatoms. The van der Waals surface area contributed by atoms with E-state index in [4.69, 9.17) is 0 Å². The van der Waals surface area contributed by atoms with Crippen LogP contribution in [0, 0.1) is 5.92 Å². The third kappa shape index (κ3) is 4.61. The van der Waals surface area contributed by atoms with E-state index >= 15 is 0 Å². The number of tetrazole rings is 1. The van der Waals surface area contributed by atoms with E-state index in [1.807, 2.05) is 30.3 Å². The quantitative estimate of drug-likeness (QED) is 0.703. The molecule has 2 aromatic carbocycles. The molecule has 3 rings (SSSR count). The Labute approximate surface area is 161 Å². The fourth-order valence-electron chi connectivity index (χ4n) is 3.22. The molecule has 27 heavy (non-hydrogen) atoms. The van der Waals surface area contributed by atoms with Crippen molar-refractivity contribution in [2.75, 3.05) is 0 Å². The summed E-state index contributed by atoms with van der Waals surface area (Å²) in [6.07, 6.45) is 0. The van der Waals surface area contributed by atoms with Crippen molar-refractivity contribution in [3.63, 3.8) is 0 Å². The highest BCUT2D eigenvalue weighted by atomic mass is 15.5. The summed E-state index contributed by atoms with van der Waals surface area (Å²) in [7, 11) is 0. The maximum Gasteiger partial charge on any atom is 0.170 e. The Hall–Kier alpha value is -2.53. The zero-order chi connectivity index (χ0) is 19.4. The van der Waals surface area contributed by atoms with E-state index in [1.54, 1.807) is 4.68 Å². The Balaban J connectivity index is 1.76. The van der Waals surface area contributed by atoms with Crippen LogP contribution >= 0.6 is 0 Å². The van der Waals surface area contributed by atoms with Crippen LogP contribution < -0.4 is 5.32 Å². The molecule has 5 nitrogen and oxygen atoms in total. The average molecular weight is 364 g/mol. The number of hydrogen-bond donors (Lipinski definition) is 1. The first-order valence-electron chi connectivity index (χ1n) is 9.53. The van der Waals surface area contributed by atoms with Crippen molar-refractivity contribution >= 4 is 0 Å². The van der Waals surface area contributed by atoms with Gasteiger partial charge in [-0.2, -0.15) is 4.68 Å². The second-order valence-electron chi connectivity index (χ2n) is 8.32. The molecule has 1 heterocycles. The molecule has 1 atom stereocenters. The third-order valence-corrected chi connectivity index (χ3v) is 4.82.